The highest BCUT2D eigenvalue weighted by molar-refractivity contribution is 4.69. The van der Waals surface area contributed by atoms with Gasteiger partial charge in [-0.05, 0) is 34.7 Å². The van der Waals surface area contributed by atoms with E-state index in [0.29, 0.717) is 19.2 Å². The lowest BCUT2D eigenvalue weighted by Crippen LogP contribution is -2.39. The highest BCUT2D eigenvalue weighted by Crippen LogP contribution is 1.98. The summed E-state index contributed by atoms with van der Waals surface area (Å²) in [5.41, 5.74) is 0.155. The minimum atomic E-state index is 0.155. The Labute approximate surface area is 100.0 Å². The molecule has 0 rings (SSSR count). The van der Waals surface area contributed by atoms with E-state index in [1.54, 1.807) is 0 Å². The Morgan fingerprint density at radius 3 is 2.50 bits per heavy atom. The van der Waals surface area contributed by atoms with Crippen molar-refractivity contribution < 1.29 is 9.84 Å². The third-order valence-electron chi connectivity index (χ3n) is 2.47. The zero-order chi connectivity index (χ0) is 12.6. The molecule has 0 spiro atoms. The third-order valence-corrected chi connectivity index (χ3v) is 2.47. The highest BCUT2D eigenvalue weighted by Gasteiger charge is 2.09. The maximum absolute atomic E-state index is 8.79. The first-order valence-corrected chi connectivity index (χ1v) is 6.00. The zero-order valence-corrected chi connectivity index (χ0v) is 11.4. The van der Waals surface area contributed by atoms with E-state index in [9.17, 15) is 0 Å². The molecule has 0 aromatic rings. The van der Waals surface area contributed by atoms with Crippen molar-refractivity contribution in [1.82, 2.24) is 10.2 Å². The molecule has 4 nitrogen and oxygen atoms in total. The van der Waals surface area contributed by atoms with E-state index in [2.05, 4.69) is 37.9 Å². The van der Waals surface area contributed by atoms with Crippen LogP contribution in [-0.4, -0.2) is 61.5 Å². The van der Waals surface area contributed by atoms with Crippen LogP contribution in [0.15, 0.2) is 0 Å². The van der Waals surface area contributed by atoms with Gasteiger partial charge in [0.15, 0.2) is 0 Å². The van der Waals surface area contributed by atoms with E-state index in [0.717, 1.165) is 13.2 Å². The Morgan fingerprint density at radius 1 is 1.38 bits per heavy atom. The Balaban J connectivity index is 3.44. The van der Waals surface area contributed by atoms with E-state index in [4.69, 9.17) is 9.84 Å². The lowest BCUT2D eigenvalue weighted by molar-refractivity contribution is 0.0692. The van der Waals surface area contributed by atoms with E-state index < -0.39 is 0 Å². The van der Waals surface area contributed by atoms with Crippen LogP contribution in [0.1, 0.15) is 27.7 Å². The van der Waals surface area contributed by atoms with Gasteiger partial charge in [-0.15, -0.1) is 0 Å². The molecule has 0 aromatic heterocycles. The van der Waals surface area contributed by atoms with E-state index in [-0.39, 0.29) is 12.1 Å². The van der Waals surface area contributed by atoms with Crippen molar-refractivity contribution in [2.45, 2.75) is 39.3 Å². The summed E-state index contributed by atoms with van der Waals surface area (Å²) >= 11 is 0. The van der Waals surface area contributed by atoms with E-state index in [1.165, 1.54) is 0 Å². The molecule has 0 amide bonds. The van der Waals surface area contributed by atoms with Crippen LogP contribution in [0.4, 0.5) is 0 Å². The van der Waals surface area contributed by atoms with Crippen LogP contribution in [0.25, 0.3) is 0 Å². The minimum Gasteiger partial charge on any atom is -0.395 e. The summed E-state index contributed by atoms with van der Waals surface area (Å²) in [7, 11) is 2.00. The first kappa shape index (κ1) is 15.8. The number of ether oxygens (including phenoxy) is 1. The Kier molecular flexibility index (Phi) is 7.93. The molecule has 0 bridgehead atoms. The van der Waals surface area contributed by atoms with Crippen molar-refractivity contribution in [3.8, 4) is 0 Å². The van der Waals surface area contributed by atoms with Crippen LogP contribution < -0.4 is 5.32 Å². The van der Waals surface area contributed by atoms with Crippen LogP contribution in [-0.2, 0) is 4.74 Å². The number of aliphatic hydroxyl groups excluding tert-OH is 1. The number of hydrogen-bond acceptors (Lipinski definition) is 4. The summed E-state index contributed by atoms with van der Waals surface area (Å²) in [5, 5.41) is 12.2. The summed E-state index contributed by atoms with van der Waals surface area (Å²) < 4.78 is 5.57. The van der Waals surface area contributed by atoms with Gasteiger partial charge >= 0.3 is 0 Å². The SMILES string of the molecule is CC(COCCNC(C)(C)C)N(C)CCO. The molecule has 0 saturated carbocycles. The number of hydrogen-bond donors (Lipinski definition) is 2. The van der Waals surface area contributed by atoms with Gasteiger partial charge in [-0.3, -0.25) is 4.90 Å². The summed E-state index contributed by atoms with van der Waals surface area (Å²) in [6.45, 7) is 11.8. The largest absolute Gasteiger partial charge is 0.395 e. The number of nitrogens with zero attached hydrogens (tertiary/aromatic N) is 1. The molecule has 4 heteroatoms. The maximum atomic E-state index is 8.79. The Hall–Kier alpha value is -0.160. The smallest absolute Gasteiger partial charge is 0.0619 e. The van der Waals surface area contributed by atoms with Gasteiger partial charge < -0.3 is 15.2 Å². The molecular weight excluding hydrogens is 204 g/mol. The van der Waals surface area contributed by atoms with Crippen LogP contribution in [0, 0.1) is 0 Å². The molecule has 0 fully saturated rings. The Bertz CT molecular complexity index is 169. The molecule has 0 heterocycles. The van der Waals surface area contributed by atoms with Crippen LogP contribution in [0.3, 0.4) is 0 Å². The van der Waals surface area contributed by atoms with Gasteiger partial charge in [-0.25, -0.2) is 0 Å². The van der Waals surface area contributed by atoms with Gasteiger partial charge in [0, 0.05) is 24.7 Å². The van der Waals surface area contributed by atoms with Gasteiger partial charge in [-0.1, -0.05) is 0 Å². The van der Waals surface area contributed by atoms with Gasteiger partial charge in [0.05, 0.1) is 19.8 Å². The number of likely N-dealkylation sites (N-methyl/N-ethyl adjacent to an activating group) is 1. The molecule has 1 unspecified atom stereocenters. The third kappa shape index (κ3) is 9.09. The molecular formula is C12H28N2O2. The topological polar surface area (TPSA) is 44.7 Å². The fraction of sp³-hybridized carbons (Fsp3) is 1.00. The molecule has 2 N–H and O–H groups in total. The molecule has 0 radical (unpaired) electrons. The van der Waals surface area contributed by atoms with Crippen molar-refractivity contribution in [3.63, 3.8) is 0 Å². The first-order chi connectivity index (χ1) is 7.37. The first-order valence-electron chi connectivity index (χ1n) is 6.00. The summed E-state index contributed by atoms with van der Waals surface area (Å²) in [6, 6.07) is 0.349. The average Bonchev–Trinajstić information content (AvgIpc) is 2.15. The van der Waals surface area contributed by atoms with Gasteiger partial charge in [0.1, 0.15) is 0 Å². The van der Waals surface area contributed by atoms with Crippen molar-refractivity contribution in [2.75, 3.05) is 40.0 Å². The minimum absolute atomic E-state index is 0.155. The molecule has 98 valence electrons. The Morgan fingerprint density at radius 2 is 2.00 bits per heavy atom. The van der Waals surface area contributed by atoms with E-state index >= 15 is 0 Å². The van der Waals surface area contributed by atoms with Gasteiger partial charge in [0.25, 0.3) is 0 Å². The molecule has 0 aliphatic carbocycles. The summed E-state index contributed by atoms with van der Waals surface area (Å²) in [4.78, 5) is 2.09. The quantitative estimate of drug-likeness (QED) is 0.605. The summed E-state index contributed by atoms with van der Waals surface area (Å²) in [5.74, 6) is 0. The standard InChI is InChI=1S/C12H28N2O2/c1-11(14(5)7-8-15)10-16-9-6-13-12(2,3)4/h11,13,15H,6-10H2,1-5H3. The highest BCUT2D eigenvalue weighted by atomic mass is 16.5. The van der Waals surface area contributed by atoms with E-state index in [1.807, 2.05) is 7.05 Å². The number of nitrogens with one attached hydrogen (secondary N) is 1. The van der Waals surface area contributed by atoms with Crippen molar-refractivity contribution in [2.24, 2.45) is 0 Å². The fourth-order valence-electron chi connectivity index (χ4n) is 1.26. The molecule has 0 saturated heterocycles. The fourth-order valence-corrected chi connectivity index (χ4v) is 1.26. The number of rotatable bonds is 8. The lowest BCUT2D eigenvalue weighted by Gasteiger charge is -2.24. The van der Waals surface area contributed by atoms with Gasteiger partial charge in [0.2, 0.25) is 0 Å². The maximum Gasteiger partial charge on any atom is 0.0619 e. The molecule has 1 atom stereocenters. The van der Waals surface area contributed by atoms with Crippen LogP contribution in [0.2, 0.25) is 0 Å². The molecule has 16 heavy (non-hydrogen) atoms. The second-order valence-electron chi connectivity index (χ2n) is 5.30. The number of aliphatic hydroxyl groups is 1. The second-order valence-corrected chi connectivity index (χ2v) is 5.30. The predicted octanol–water partition coefficient (Wildman–Crippen LogP) is 0.704. The van der Waals surface area contributed by atoms with Crippen molar-refractivity contribution in [3.05, 3.63) is 0 Å². The van der Waals surface area contributed by atoms with Crippen molar-refractivity contribution in [1.29, 1.82) is 0 Å². The van der Waals surface area contributed by atoms with Gasteiger partial charge in [-0.2, -0.15) is 0 Å². The molecule has 0 aromatic carbocycles. The zero-order valence-electron chi connectivity index (χ0n) is 11.4. The van der Waals surface area contributed by atoms with Crippen molar-refractivity contribution >= 4 is 0 Å². The normalized spacial score (nSPS) is 14.4. The molecule has 0 aliphatic rings. The van der Waals surface area contributed by atoms with Crippen LogP contribution >= 0.6 is 0 Å². The lowest BCUT2D eigenvalue weighted by atomic mass is 10.1. The monoisotopic (exact) mass is 232 g/mol. The molecule has 0 aliphatic heterocycles. The average molecular weight is 232 g/mol. The summed E-state index contributed by atoms with van der Waals surface area (Å²) in [6.07, 6.45) is 0. The van der Waals surface area contributed by atoms with Crippen LogP contribution in [0.5, 0.6) is 0 Å². The second kappa shape index (κ2) is 8.01. The predicted molar refractivity (Wildman–Crippen MR) is 67.8 cm³/mol.